The van der Waals surface area contributed by atoms with Crippen molar-refractivity contribution in [2.24, 2.45) is 0 Å². The summed E-state index contributed by atoms with van der Waals surface area (Å²) in [4.78, 5) is 13.0. The number of thiophene rings is 1. The smallest absolute Gasteiger partial charge is 0.273 e. The third-order valence-electron chi connectivity index (χ3n) is 2.56. The maximum Gasteiger partial charge on any atom is 0.273 e. The summed E-state index contributed by atoms with van der Waals surface area (Å²) in [6.45, 7) is 2.17. The van der Waals surface area contributed by atoms with E-state index in [4.69, 9.17) is 0 Å². The zero-order chi connectivity index (χ0) is 13.5. The summed E-state index contributed by atoms with van der Waals surface area (Å²) in [5.74, 6) is -0.173. The Labute approximate surface area is 115 Å². The van der Waals surface area contributed by atoms with Crippen molar-refractivity contribution in [2.45, 2.75) is 13.0 Å². The van der Waals surface area contributed by atoms with E-state index in [0.717, 1.165) is 13.0 Å². The summed E-state index contributed by atoms with van der Waals surface area (Å²) in [7, 11) is 1.89. The van der Waals surface area contributed by atoms with E-state index in [1.807, 2.05) is 24.6 Å². The van der Waals surface area contributed by atoms with Gasteiger partial charge < -0.3 is 10.6 Å². The SMILES string of the molecule is CNCCCNC(=O)c1cn(Cc2cccs2)nn1. The second-order valence-electron chi connectivity index (χ2n) is 4.09. The minimum Gasteiger partial charge on any atom is -0.351 e. The van der Waals surface area contributed by atoms with Crippen LogP contribution in [0.4, 0.5) is 0 Å². The molecular weight excluding hydrogens is 262 g/mol. The fourth-order valence-corrected chi connectivity index (χ4v) is 2.30. The summed E-state index contributed by atoms with van der Waals surface area (Å²) in [6.07, 6.45) is 2.57. The van der Waals surface area contributed by atoms with Crippen LogP contribution in [-0.2, 0) is 6.54 Å². The predicted octanol–water partition coefficient (Wildman–Crippen LogP) is 0.727. The van der Waals surface area contributed by atoms with E-state index in [-0.39, 0.29) is 5.91 Å². The topological polar surface area (TPSA) is 71.8 Å². The average Bonchev–Trinajstić information content (AvgIpc) is 3.06. The van der Waals surface area contributed by atoms with E-state index in [9.17, 15) is 4.79 Å². The van der Waals surface area contributed by atoms with Crippen molar-refractivity contribution in [3.63, 3.8) is 0 Å². The zero-order valence-corrected chi connectivity index (χ0v) is 11.6. The lowest BCUT2D eigenvalue weighted by Crippen LogP contribution is -2.26. The number of nitrogens with one attached hydrogen (secondary N) is 2. The van der Waals surface area contributed by atoms with Crippen molar-refractivity contribution in [3.8, 4) is 0 Å². The Hall–Kier alpha value is -1.73. The van der Waals surface area contributed by atoms with Crippen molar-refractivity contribution < 1.29 is 4.79 Å². The van der Waals surface area contributed by atoms with E-state index in [0.29, 0.717) is 18.8 Å². The van der Waals surface area contributed by atoms with Crippen molar-refractivity contribution in [3.05, 3.63) is 34.3 Å². The first-order valence-corrected chi connectivity index (χ1v) is 7.03. The Kier molecular flexibility index (Phi) is 5.05. The molecule has 0 spiro atoms. The number of hydrogen-bond donors (Lipinski definition) is 2. The van der Waals surface area contributed by atoms with Crippen molar-refractivity contribution >= 4 is 17.2 Å². The highest BCUT2D eigenvalue weighted by Gasteiger charge is 2.10. The van der Waals surface area contributed by atoms with E-state index in [1.54, 1.807) is 22.2 Å². The van der Waals surface area contributed by atoms with Crippen LogP contribution < -0.4 is 10.6 Å². The molecule has 2 heterocycles. The molecule has 2 aromatic heterocycles. The maximum atomic E-state index is 11.8. The van der Waals surface area contributed by atoms with E-state index in [1.165, 1.54) is 4.88 Å². The van der Waals surface area contributed by atoms with Crippen molar-refractivity contribution in [1.29, 1.82) is 0 Å². The zero-order valence-electron chi connectivity index (χ0n) is 10.8. The number of aromatic nitrogens is 3. The van der Waals surface area contributed by atoms with Gasteiger partial charge in [0.15, 0.2) is 5.69 Å². The van der Waals surface area contributed by atoms with Gasteiger partial charge in [-0.25, -0.2) is 4.68 Å². The standard InChI is InChI=1S/C12H17N5OS/c1-13-5-3-6-14-12(18)11-9-17(16-15-11)8-10-4-2-7-19-10/h2,4,7,9,13H,3,5-6,8H2,1H3,(H,14,18). The van der Waals surface area contributed by atoms with Gasteiger partial charge in [0.05, 0.1) is 12.7 Å². The Balaban J connectivity index is 1.84. The van der Waals surface area contributed by atoms with Crippen LogP contribution in [0.5, 0.6) is 0 Å². The highest BCUT2D eigenvalue weighted by atomic mass is 32.1. The van der Waals surface area contributed by atoms with Gasteiger partial charge in [-0.1, -0.05) is 11.3 Å². The van der Waals surface area contributed by atoms with Crippen LogP contribution in [0.1, 0.15) is 21.8 Å². The molecule has 6 nitrogen and oxygen atoms in total. The minimum atomic E-state index is -0.173. The molecule has 0 bridgehead atoms. The molecule has 0 saturated heterocycles. The van der Waals surface area contributed by atoms with E-state index < -0.39 is 0 Å². The molecule has 0 radical (unpaired) electrons. The third-order valence-corrected chi connectivity index (χ3v) is 3.42. The third kappa shape index (κ3) is 4.15. The fourth-order valence-electron chi connectivity index (χ4n) is 1.60. The lowest BCUT2D eigenvalue weighted by molar-refractivity contribution is 0.0948. The summed E-state index contributed by atoms with van der Waals surface area (Å²) >= 11 is 1.66. The van der Waals surface area contributed by atoms with Crippen LogP contribution in [-0.4, -0.2) is 41.0 Å². The van der Waals surface area contributed by atoms with Gasteiger partial charge in [0.2, 0.25) is 0 Å². The number of nitrogens with zero attached hydrogens (tertiary/aromatic N) is 3. The maximum absolute atomic E-state index is 11.8. The Morgan fingerprint density at radius 2 is 2.37 bits per heavy atom. The molecule has 0 unspecified atom stereocenters. The molecule has 0 aliphatic heterocycles. The Bertz CT molecular complexity index is 508. The molecule has 19 heavy (non-hydrogen) atoms. The van der Waals surface area contributed by atoms with Gasteiger partial charge in [-0.2, -0.15) is 0 Å². The summed E-state index contributed by atoms with van der Waals surface area (Å²) in [5, 5.41) is 15.7. The first-order chi connectivity index (χ1) is 9.29. The molecule has 0 atom stereocenters. The first-order valence-electron chi connectivity index (χ1n) is 6.15. The van der Waals surface area contributed by atoms with Gasteiger partial charge in [0.25, 0.3) is 5.91 Å². The predicted molar refractivity (Wildman–Crippen MR) is 74.3 cm³/mol. The number of rotatable bonds is 7. The molecule has 2 rings (SSSR count). The van der Waals surface area contributed by atoms with Gasteiger partial charge in [-0.15, -0.1) is 16.4 Å². The van der Waals surface area contributed by atoms with Gasteiger partial charge in [0.1, 0.15) is 0 Å². The minimum absolute atomic E-state index is 0.173. The summed E-state index contributed by atoms with van der Waals surface area (Å²) in [6, 6.07) is 4.02. The largest absolute Gasteiger partial charge is 0.351 e. The molecule has 102 valence electrons. The molecule has 0 aliphatic carbocycles. The van der Waals surface area contributed by atoms with Gasteiger partial charge in [-0.05, 0) is 31.5 Å². The monoisotopic (exact) mass is 279 g/mol. The highest BCUT2D eigenvalue weighted by molar-refractivity contribution is 7.09. The van der Waals surface area contributed by atoms with Crippen LogP contribution in [0.15, 0.2) is 23.7 Å². The number of amides is 1. The van der Waals surface area contributed by atoms with Crippen LogP contribution >= 0.6 is 11.3 Å². The molecule has 0 aliphatic rings. The van der Waals surface area contributed by atoms with Crippen molar-refractivity contribution in [2.75, 3.05) is 20.1 Å². The molecule has 0 aromatic carbocycles. The summed E-state index contributed by atoms with van der Waals surface area (Å²) < 4.78 is 1.67. The number of carbonyl (C=O) groups is 1. The molecule has 0 fully saturated rings. The van der Waals surface area contributed by atoms with Crippen molar-refractivity contribution in [1.82, 2.24) is 25.6 Å². The fraction of sp³-hybridized carbons (Fsp3) is 0.417. The Morgan fingerprint density at radius 1 is 1.47 bits per heavy atom. The summed E-state index contributed by atoms with van der Waals surface area (Å²) in [5.41, 5.74) is 0.362. The average molecular weight is 279 g/mol. The normalized spacial score (nSPS) is 10.6. The number of hydrogen-bond acceptors (Lipinski definition) is 5. The van der Waals surface area contributed by atoms with Crippen LogP contribution in [0.2, 0.25) is 0 Å². The first kappa shape index (κ1) is 13.7. The lowest BCUT2D eigenvalue weighted by Gasteiger charge is -2.01. The molecule has 1 amide bonds. The molecule has 7 heteroatoms. The molecule has 2 N–H and O–H groups in total. The molecule has 2 aromatic rings. The van der Waals surface area contributed by atoms with Gasteiger partial charge >= 0.3 is 0 Å². The second-order valence-corrected chi connectivity index (χ2v) is 5.13. The van der Waals surface area contributed by atoms with Crippen LogP contribution in [0.25, 0.3) is 0 Å². The van der Waals surface area contributed by atoms with E-state index in [2.05, 4.69) is 20.9 Å². The molecule has 0 saturated carbocycles. The number of carbonyl (C=O) groups excluding carboxylic acids is 1. The van der Waals surface area contributed by atoms with Crippen LogP contribution in [0, 0.1) is 0 Å². The van der Waals surface area contributed by atoms with Crippen LogP contribution in [0.3, 0.4) is 0 Å². The van der Waals surface area contributed by atoms with Gasteiger partial charge in [-0.3, -0.25) is 4.79 Å². The second kappa shape index (κ2) is 7.01. The van der Waals surface area contributed by atoms with E-state index >= 15 is 0 Å². The highest BCUT2D eigenvalue weighted by Crippen LogP contribution is 2.09. The quantitative estimate of drug-likeness (QED) is 0.733. The molecular formula is C12H17N5OS. The van der Waals surface area contributed by atoms with Gasteiger partial charge in [0, 0.05) is 11.4 Å². The Morgan fingerprint density at radius 3 is 3.11 bits per heavy atom. The lowest BCUT2D eigenvalue weighted by atomic mass is 10.4.